The monoisotopic (exact) mass is 464 g/mol. The average molecular weight is 465 g/mol. The first-order chi connectivity index (χ1) is 16.3. The third-order valence-corrected chi connectivity index (χ3v) is 7.35. The van der Waals surface area contributed by atoms with Crippen LogP contribution in [0.5, 0.6) is 0 Å². The summed E-state index contributed by atoms with van der Waals surface area (Å²) in [7, 11) is 0. The molecule has 172 valence electrons. The summed E-state index contributed by atoms with van der Waals surface area (Å²) in [5.74, 6) is 3.48. The second kappa shape index (κ2) is 8.95. The number of anilines is 1. The maximum Gasteiger partial charge on any atom is 0.213 e. The summed E-state index contributed by atoms with van der Waals surface area (Å²) in [6, 6.07) is 9.89. The van der Waals surface area contributed by atoms with Crippen LogP contribution in [0.25, 0.3) is 16.6 Å². The molecule has 1 aromatic carbocycles. The molecule has 1 saturated heterocycles. The van der Waals surface area contributed by atoms with E-state index in [2.05, 4.69) is 25.4 Å². The first kappa shape index (κ1) is 20.9. The zero-order valence-corrected chi connectivity index (χ0v) is 19.5. The highest BCUT2D eigenvalue weighted by molar-refractivity contribution is 6.31. The van der Waals surface area contributed by atoms with Crippen molar-refractivity contribution in [2.45, 2.75) is 51.0 Å². The highest BCUT2D eigenvalue weighted by Gasteiger charge is 2.27. The van der Waals surface area contributed by atoms with Gasteiger partial charge in [-0.15, -0.1) is 10.2 Å². The van der Waals surface area contributed by atoms with E-state index in [9.17, 15) is 0 Å². The molecule has 1 aliphatic carbocycles. The molecule has 6 rings (SSSR count). The van der Waals surface area contributed by atoms with Crippen LogP contribution in [0.1, 0.15) is 56.0 Å². The molecule has 0 radical (unpaired) electrons. The molecule has 0 amide bonds. The maximum atomic E-state index is 6.34. The van der Waals surface area contributed by atoms with Gasteiger partial charge in [-0.05, 0) is 49.6 Å². The summed E-state index contributed by atoms with van der Waals surface area (Å²) in [5.41, 5.74) is 1.77. The number of hydrogen-bond acceptors (Lipinski definition) is 6. The van der Waals surface area contributed by atoms with Crippen molar-refractivity contribution in [3.05, 3.63) is 53.2 Å². The molecular formula is C25H29ClN6O. The molecule has 2 aliphatic rings. The maximum absolute atomic E-state index is 6.34. The molecule has 0 spiro atoms. The highest BCUT2D eigenvalue weighted by atomic mass is 35.5. The van der Waals surface area contributed by atoms with Crippen LogP contribution in [0.2, 0.25) is 5.02 Å². The van der Waals surface area contributed by atoms with Gasteiger partial charge in [-0.1, -0.05) is 30.9 Å². The van der Waals surface area contributed by atoms with Crippen LogP contribution in [-0.2, 0) is 6.54 Å². The fraction of sp³-hybridized carbons (Fsp3) is 0.480. The number of benzene rings is 1. The van der Waals surface area contributed by atoms with Crippen molar-refractivity contribution in [3.63, 3.8) is 0 Å². The van der Waals surface area contributed by atoms with Crippen LogP contribution in [0.3, 0.4) is 0 Å². The van der Waals surface area contributed by atoms with Crippen LogP contribution in [0, 0.1) is 0 Å². The third-order valence-electron chi connectivity index (χ3n) is 7.11. The van der Waals surface area contributed by atoms with Gasteiger partial charge in [-0.2, -0.15) is 0 Å². The lowest BCUT2D eigenvalue weighted by Crippen LogP contribution is -2.32. The standard InChI is InChI=1S/C25H29ClN6O/c26-19-9-10-21-22(16-19)27-25(32-23(28-29-24(21)32)18-6-2-1-3-7-18)31-12-5-11-30(13-14-31)17-20-8-4-15-33-20/h4,8-10,15-16,18H,1-3,5-7,11-14,17H2. The fourth-order valence-electron chi connectivity index (χ4n) is 5.40. The fourth-order valence-corrected chi connectivity index (χ4v) is 5.57. The normalized spacial score (nSPS) is 18.9. The molecule has 33 heavy (non-hydrogen) atoms. The van der Waals surface area contributed by atoms with Gasteiger partial charge in [-0.3, -0.25) is 4.90 Å². The largest absolute Gasteiger partial charge is 0.468 e. The molecule has 7 nitrogen and oxygen atoms in total. The van der Waals surface area contributed by atoms with E-state index in [1.54, 1.807) is 6.26 Å². The van der Waals surface area contributed by atoms with Gasteiger partial charge in [0.1, 0.15) is 11.6 Å². The topological polar surface area (TPSA) is 62.7 Å². The predicted molar refractivity (Wildman–Crippen MR) is 130 cm³/mol. The third kappa shape index (κ3) is 4.08. The molecule has 0 N–H and O–H groups in total. The van der Waals surface area contributed by atoms with Crippen molar-refractivity contribution in [3.8, 4) is 0 Å². The minimum absolute atomic E-state index is 0.446. The molecule has 3 aromatic heterocycles. The van der Waals surface area contributed by atoms with Crippen LogP contribution in [0.15, 0.2) is 41.0 Å². The van der Waals surface area contributed by atoms with E-state index in [0.29, 0.717) is 10.9 Å². The SMILES string of the molecule is Clc1ccc2c(c1)nc(N1CCCN(Cc3ccco3)CC1)n1c(C3CCCCC3)nnc21. The van der Waals surface area contributed by atoms with Gasteiger partial charge in [-0.25, -0.2) is 9.38 Å². The molecule has 4 heterocycles. The molecule has 0 bridgehead atoms. The lowest BCUT2D eigenvalue weighted by atomic mass is 9.89. The summed E-state index contributed by atoms with van der Waals surface area (Å²) in [6.45, 7) is 4.69. The van der Waals surface area contributed by atoms with Crippen molar-refractivity contribution < 1.29 is 4.42 Å². The average Bonchev–Trinajstić information content (AvgIpc) is 3.45. The minimum Gasteiger partial charge on any atom is -0.468 e. The lowest BCUT2D eigenvalue weighted by Gasteiger charge is -2.26. The Balaban J connectivity index is 1.39. The summed E-state index contributed by atoms with van der Waals surface area (Å²) >= 11 is 6.34. The molecule has 2 fully saturated rings. The second-order valence-corrected chi connectivity index (χ2v) is 9.76. The predicted octanol–water partition coefficient (Wildman–Crippen LogP) is 5.28. The smallest absolute Gasteiger partial charge is 0.213 e. The van der Waals surface area contributed by atoms with Crippen LogP contribution >= 0.6 is 11.6 Å². The Labute approximate surface area is 198 Å². The van der Waals surface area contributed by atoms with Gasteiger partial charge in [0.15, 0.2) is 5.65 Å². The van der Waals surface area contributed by atoms with Gasteiger partial charge in [0.2, 0.25) is 5.95 Å². The van der Waals surface area contributed by atoms with E-state index < -0.39 is 0 Å². The van der Waals surface area contributed by atoms with Crippen LogP contribution < -0.4 is 4.90 Å². The Morgan fingerprint density at radius 1 is 0.970 bits per heavy atom. The van der Waals surface area contributed by atoms with Gasteiger partial charge >= 0.3 is 0 Å². The van der Waals surface area contributed by atoms with Crippen molar-refractivity contribution in [2.24, 2.45) is 0 Å². The van der Waals surface area contributed by atoms with Crippen molar-refractivity contribution in [1.29, 1.82) is 0 Å². The van der Waals surface area contributed by atoms with Crippen LogP contribution in [0.4, 0.5) is 5.95 Å². The Morgan fingerprint density at radius 2 is 1.88 bits per heavy atom. The van der Waals surface area contributed by atoms with E-state index in [4.69, 9.17) is 26.1 Å². The van der Waals surface area contributed by atoms with E-state index >= 15 is 0 Å². The Morgan fingerprint density at radius 3 is 2.73 bits per heavy atom. The number of nitrogens with zero attached hydrogens (tertiary/aromatic N) is 6. The van der Waals surface area contributed by atoms with Gasteiger partial charge in [0.05, 0.1) is 18.3 Å². The summed E-state index contributed by atoms with van der Waals surface area (Å²) in [5, 5.41) is 11.1. The number of hydrogen-bond donors (Lipinski definition) is 0. The number of halogens is 1. The van der Waals surface area contributed by atoms with Gasteiger partial charge in [0, 0.05) is 42.5 Å². The van der Waals surface area contributed by atoms with Crippen molar-refractivity contribution in [2.75, 3.05) is 31.1 Å². The Hall–Kier alpha value is -2.64. The van der Waals surface area contributed by atoms with E-state index in [0.717, 1.165) is 73.2 Å². The Bertz CT molecular complexity index is 1250. The molecule has 0 unspecified atom stereocenters. The molecule has 0 atom stereocenters. The number of fused-ring (bicyclic) bond motifs is 3. The first-order valence-electron chi connectivity index (χ1n) is 12.1. The van der Waals surface area contributed by atoms with E-state index in [1.807, 2.05) is 24.3 Å². The quantitative estimate of drug-likeness (QED) is 0.409. The molecule has 1 saturated carbocycles. The summed E-state index contributed by atoms with van der Waals surface area (Å²) < 4.78 is 7.82. The molecule has 8 heteroatoms. The molecule has 4 aromatic rings. The number of aromatic nitrogens is 4. The summed E-state index contributed by atoms with van der Waals surface area (Å²) in [4.78, 5) is 10.0. The zero-order valence-electron chi connectivity index (χ0n) is 18.8. The van der Waals surface area contributed by atoms with Crippen LogP contribution in [-0.4, -0.2) is 50.7 Å². The highest BCUT2D eigenvalue weighted by Crippen LogP contribution is 2.35. The van der Waals surface area contributed by atoms with Crippen molar-refractivity contribution in [1.82, 2.24) is 24.5 Å². The number of furan rings is 1. The summed E-state index contributed by atoms with van der Waals surface area (Å²) in [6.07, 6.45) is 9.01. The second-order valence-electron chi connectivity index (χ2n) is 9.32. The van der Waals surface area contributed by atoms with Gasteiger partial charge < -0.3 is 9.32 Å². The zero-order chi connectivity index (χ0) is 22.2. The minimum atomic E-state index is 0.446. The van der Waals surface area contributed by atoms with E-state index in [-0.39, 0.29) is 0 Å². The molecular weight excluding hydrogens is 436 g/mol. The first-order valence-corrected chi connectivity index (χ1v) is 12.5. The van der Waals surface area contributed by atoms with Gasteiger partial charge in [0.25, 0.3) is 0 Å². The molecule has 1 aliphatic heterocycles. The van der Waals surface area contributed by atoms with E-state index in [1.165, 1.54) is 32.1 Å². The van der Waals surface area contributed by atoms with Crippen molar-refractivity contribution >= 4 is 34.1 Å². The number of rotatable bonds is 4. The lowest BCUT2D eigenvalue weighted by molar-refractivity contribution is 0.260. The Kier molecular flexibility index (Phi) is 5.68.